The van der Waals surface area contributed by atoms with Gasteiger partial charge >= 0.3 is 0 Å². The zero-order valence-corrected chi connectivity index (χ0v) is 12.1. The SMILES string of the molecule is Cc1ccc(C2=C(C#N)c3ccccc3N(N)C2C#N)cc1. The molecule has 22 heavy (non-hydrogen) atoms. The highest BCUT2D eigenvalue weighted by Crippen LogP contribution is 2.40. The minimum absolute atomic E-state index is 0.507. The summed E-state index contributed by atoms with van der Waals surface area (Å²) in [5.74, 6) is 6.14. The van der Waals surface area contributed by atoms with Crippen LogP contribution in [0.15, 0.2) is 48.5 Å². The fourth-order valence-electron chi connectivity index (χ4n) is 2.75. The first-order chi connectivity index (χ1) is 10.7. The summed E-state index contributed by atoms with van der Waals surface area (Å²) >= 11 is 0. The Kier molecular flexibility index (Phi) is 3.39. The lowest BCUT2D eigenvalue weighted by atomic mass is 9.86. The molecule has 2 aromatic carbocycles. The minimum atomic E-state index is -0.688. The summed E-state index contributed by atoms with van der Waals surface area (Å²) in [6, 6.07) is 19.0. The summed E-state index contributed by atoms with van der Waals surface area (Å²) < 4.78 is 0. The quantitative estimate of drug-likeness (QED) is 0.817. The number of nitrogens with zero attached hydrogens (tertiary/aromatic N) is 3. The summed E-state index contributed by atoms with van der Waals surface area (Å²) in [6.45, 7) is 2.00. The van der Waals surface area contributed by atoms with E-state index in [4.69, 9.17) is 5.84 Å². The Morgan fingerprint density at radius 1 is 1.05 bits per heavy atom. The third-order valence-corrected chi connectivity index (χ3v) is 3.87. The molecular formula is C18H14N4. The molecule has 1 atom stereocenters. The van der Waals surface area contributed by atoms with Gasteiger partial charge in [-0.3, -0.25) is 5.01 Å². The maximum atomic E-state index is 9.65. The van der Waals surface area contributed by atoms with Crippen molar-refractivity contribution in [1.29, 1.82) is 10.5 Å². The molecule has 0 bridgehead atoms. The highest BCUT2D eigenvalue weighted by Gasteiger charge is 2.32. The van der Waals surface area contributed by atoms with Crippen LogP contribution in [0.5, 0.6) is 0 Å². The van der Waals surface area contributed by atoms with Gasteiger partial charge in [-0.2, -0.15) is 10.5 Å². The maximum absolute atomic E-state index is 9.65. The van der Waals surface area contributed by atoms with E-state index in [-0.39, 0.29) is 0 Å². The molecule has 0 aliphatic carbocycles. The van der Waals surface area contributed by atoms with Crippen molar-refractivity contribution in [3.8, 4) is 12.1 Å². The van der Waals surface area contributed by atoms with Crippen molar-refractivity contribution in [2.75, 3.05) is 5.01 Å². The second-order valence-electron chi connectivity index (χ2n) is 5.22. The van der Waals surface area contributed by atoms with E-state index in [0.29, 0.717) is 16.8 Å². The number of rotatable bonds is 1. The van der Waals surface area contributed by atoms with Crippen LogP contribution in [0.1, 0.15) is 16.7 Å². The molecule has 0 saturated carbocycles. The van der Waals surface area contributed by atoms with Crippen LogP contribution >= 0.6 is 0 Å². The fourth-order valence-corrected chi connectivity index (χ4v) is 2.75. The molecule has 1 aliphatic rings. The summed E-state index contributed by atoms with van der Waals surface area (Å²) in [5.41, 5.74) is 4.59. The Balaban J connectivity index is 2.32. The van der Waals surface area contributed by atoms with Gasteiger partial charge in [0.2, 0.25) is 0 Å². The van der Waals surface area contributed by atoms with E-state index < -0.39 is 6.04 Å². The van der Waals surface area contributed by atoms with Crippen LogP contribution in [-0.4, -0.2) is 6.04 Å². The second-order valence-corrected chi connectivity index (χ2v) is 5.22. The number of para-hydroxylation sites is 1. The molecule has 4 nitrogen and oxygen atoms in total. The number of aryl methyl sites for hydroxylation is 1. The first-order valence-electron chi connectivity index (χ1n) is 6.91. The van der Waals surface area contributed by atoms with Crippen LogP contribution < -0.4 is 10.9 Å². The second kappa shape index (κ2) is 5.37. The van der Waals surface area contributed by atoms with Gasteiger partial charge in [0.1, 0.15) is 6.07 Å². The summed E-state index contributed by atoms with van der Waals surface area (Å²) in [7, 11) is 0. The third-order valence-electron chi connectivity index (χ3n) is 3.87. The van der Waals surface area contributed by atoms with Crippen molar-refractivity contribution < 1.29 is 0 Å². The number of hydrazine groups is 1. The summed E-state index contributed by atoms with van der Waals surface area (Å²) in [5, 5.41) is 20.7. The van der Waals surface area contributed by atoms with Gasteiger partial charge in [-0.05, 0) is 18.6 Å². The standard InChI is InChI=1S/C18H14N4/c1-12-6-8-13(9-7-12)18-15(10-19)14-4-2-3-5-16(14)22(21)17(18)11-20/h2-9,17H,21H2,1H3. The number of hydrogen-bond acceptors (Lipinski definition) is 4. The van der Waals surface area contributed by atoms with E-state index in [0.717, 1.165) is 16.7 Å². The van der Waals surface area contributed by atoms with E-state index in [1.807, 2.05) is 55.5 Å². The molecule has 0 amide bonds. The predicted molar refractivity (Wildman–Crippen MR) is 86.1 cm³/mol. The molecular weight excluding hydrogens is 272 g/mol. The molecule has 4 heteroatoms. The number of fused-ring (bicyclic) bond motifs is 1. The molecule has 106 valence electrons. The van der Waals surface area contributed by atoms with Crippen molar-refractivity contribution in [3.05, 3.63) is 65.2 Å². The monoisotopic (exact) mass is 286 g/mol. The molecule has 0 radical (unpaired) electrons. The predicted octanol–water partition coefficient (Wildman–Crippen LogP) is 3.02. The van der Waals surface area contributed by atoms with Crippen LogP contribution in [-0.2, 0) is 0 Å². The van der Waals surface area contributed by atoms with Gasteiger partial charge in [-0.1, -0.05) is 48.0 Å². The molecule has 1 aliphatic heterocycles. The average molecular weight is 286 g/mol. The molecule has 1 heterocycles. The Hall–Kier alpha value is -3.08. The number of hydrogen-bond donors (Lipinski definition) is 1. The van der Waals surface area contributed by atoms with Gasteiger partial charge in [-0.25, -0.2) is 5.84 Å². The molecule has 0 aromatic heterocycles. The van der Waals surface area contributed by atoms with Crippen LogP contribution in [0.2, 0.25) is 0 Å². The van der Waals surface area contributed by atoms with Crippen LogP contribution in [0, 0.1) is 29.6 Å². The van der Waals surface area contributed by atoms with Gasteiger partial charge in [0, 0.05) is 11.1 Å². The molecule has 2 aromatic rings. The molecule has 3 rings (SSSR count). The van der Waals surface area contributed by atoms with Crippen LogP contribution in [0.4, 0.5) is 5.69 Å². The molecule has 0 spiro atoms. The van der Waals surface area contributed by atoms with Gasteiger partial charge in [0.15, 0.2) is 6.04 Å². The van der Waals surface area contributed by atoms with Gasteiger partial charge in [0.05, 0.1) is 17.3 Å². The summed E-state index contributed by atoms with van der Waals surface area (Å²) in [4.78, 5) is 0. The number of anilines is 1. The molecule has 2 N–H and O–H groups in total. The van der Waals surface area contributed by atoms with Crippen molar-refractivity contribution in [3.63, 3.8) is 0 Å². The molecule has 0 saturated heterocycles. The number of nitriles is 2. The number of benzene rings is 2. The first-order valence-corrected chi connectivity index (χ1v) is 6.91. The average Bonchev–Trinajstić information content (AvgIpc) is 2.55. The van der Waals surface area contributed by atoms with E-state index in [1.54, 1.807) is 0 Å². The fraction of sp³-hybridized carbons (Fsp3) is 0.111. The largest absolute Gasteiger partial charge is 0.289 e. The Morgan fingerprint density at radius 3 is 2.36 bits per heavy atom. The van der Waals surface area contributed by atoms with E-state index in [2.05, 4.69) is 12.1 Å². The topological polar surface area (TPSA) is 76.8 Å². The van der Waals surface area contributed by atoms with Crippen LogP contribution in [0.3, 0.4) is 0 Å². The van der Waals surface area contributed by atoms with Crippen LogP contribution in [0.25, 0.3) is 11.1 Å². The normalized spacial score (nSPS) is 16.7. The van der Waals surface area contributed by atoms with Gasteiger partial charge in [-0.15, -0.1) is 0 Å². The zero-order chi connectivity index (χ0) is 15.7. The first kappa shape index (κ1) is 13.9. The minimum Gasteiger partial charge on any atom is -0.289 e. The number of allylic oxidation sites excluding steroid dienone is 1. The van der Waals surface area contributed by atoms with Crippen molar-refractivity contribution in [1.82, 2.24) is 0 Å². The Labute approximate surface area is 129 Å². The molecule has 0 fully saturated rings. The highest BCUT2D eigenvalue weighted by atomic mass is 15.4. The highest BCUT2D eigenvalue weighted by molar-refractivity contribution is 6.06. The molecule has 1 unspecified atom stereocenters. The van der Waals surface area contributed by atoms with Gasteiger partial charge < -0.3 is 0 Å². The van der Waals surface area contributed by atoms with Gasteiger partial charge in [0.25, 0.3) is 0 Å². The van der Waals surface area contributed by atoms with Crippen molar-refractivity contribution >= 4 is 16.8 Å². The summed E-state index contributed by atoms with van der Waals surface area (Å²) in [6.07, 6.45) is 0. The Morgan fingerprint density at radius 2 is 1.73 bits per heavy atom. The maximum Gasteiger partial charge on any atom is 0.158 e. The zero-order valence-electron chi connectivity index (χ0n) is 12.1. The van der Waals surface area contributed by atoms with Crippen molar-refractivity contribution in [2.45, 2.75) is 13.0 Å². The lowest BCUT2D eigenvalue weighted by Gasteiger charge is -2.33. The lowest BCUT2D eigenvalue weighted by molar-refractivity contribution is 0.842. The van der Waals surface area contributed by atoms with E-state index >= 15 is 0 Å². The van der Waals surface area contributed by atoms with E-state index in [9.17, 15) is 10.5 Å². The smallest absolute Gasteiger partial charge is 0.158 e. The Bertz CT molecular complexity index is 835. The van der Waals surface area contributed by atoms with E-state index in [1.165, 1.54) is 5.01 Å². The third kappa shape index (κ3) is 2.03. The number of nitrogens with two attached hydrogens (primary N) is 1. The lowest BCUT2D eigenvalue weighted by Crippen LogP contribution is -2.44. The van der Waals surface area contributed by atoms with Crippen molar-refractivity contribution in [2.24, 2.45) is 5.84 Å².